The van der Waals surface area contributed by atoms with Gasteiger partial charge in [-0.05, 0) is 62.3 Å². The van der Waals surface area contributed by atoms with Gasteiger partial charge in [-0.15, -0.1) is 0 Å². The Morgan fingerprint density at radius 3 is 2.33 bits per heavy atom. The average molecular weight is 338 g/mol. The summed E-state index contributed by atoms with van der Waals surface area (Å²) in [4.78, 5) is 2.14. The Labute approximate surface area is 145 Å². The Bertz CT molecular complexity index is 449. The van der Waals surface area contributed by atoms with Gasteiger partial charge in [0.1, 0.15) is 6.23 Å². The quantitative estimate of drug-likeness (QED) is 0.506. The Kier molecular flexibility index (Phi) is 4.43. The molecule has 24 heavy (non-hydrogen) atoms. The normalized spacial score (nSPS) is 51.8. The van der Waals surface area contributed by atoms with Crippen LogP contribution in [-0.4, -0.2) is 58.9 Å². The van der Waals surface area contributed by atoms with Crippen LogP contribution >= 0.6 is 0 Å². The number of aliphatic hydroxyl groups excluding tert-OH is 2. The average Bonchev–Trinajstić information content (AvgIpc) is 3.07. The van der Waals surface area contributed by atoms with Crippen molar-refractivity contribution in [2.45, 2.75) is 89.0 Å². The van der Waals surface area contributed by atoms with Crippen LogP contribution in [0.4, 0.5) is 0 Å². The minimum absolute atomic E-state index is 0.0162. The Morgan fingerprint density at radius 2 is 1.75 bits per heavy atom. The summed E-state index contributed by atoms with van der Waals surface area (Å²) in [6.07, 6.45) is 8.07. The Balaban J connectivity index is 1.51. The van der Waals surface area contributed by atoms with E-state index in [2.05, 4.69) is 22.5 Å². The van der Waals surface area contributed by atoms with E-state index < -0.39 is 12.3 Å². The standard InChI is InChI=1S/C18H34N4O2/c1-2-9-22-13(24)10-12(23)14-15(22)21-16(20-14)18-6-3-17(11-19,4-7-18)5-8-18/h12-16,20-21,23-24H,2-11,19H2,1H3. The topological polar surface area (TPSA) is 93.8 Å². The lowest BCUT2D eigenvalue weighted by atomic mass is 9.53. The van der Waals surface area contributed by atoms with Crippen LogP contribution in [0.3, 0.4) is 0 Å². The molecule has 6 nitrogen and oxygen atoms in total. The molecule has 2 heterocycles. The second kappa shape index (κ2) is 6.18. The van der Waals surface area contributed by atoms with E-state index in [1.54, 1.807) is 0 Å². The van der Waals surface area contributed by atoms with Crippen molar-refractivity contribution in [2.75, 3.05) is 13.1 Å². The predicted molar refractivity (Wildman–Crippen MR) is 92.9 cm³/mol. The molecule has 5 fully saturated rings. The lowest BCUT2D eigenvalue weighted by Gasteiger charge is -2.55. The molecule has 0 radical (unpaired) electrons. The van der Waals surface area contributed by atoms with Crippen molar-refractivity contribution < 1.29 is 10.2 Å². The zero-order valence-electron chi connectivity index (χ0n) is 14.9. The summed E-state index contributed by atoms with van der Waals surface area (Å²) < 4.78 is 0. The molecule has 6 heteroatoms. The number of hydrogen-bond acceptors (Lipinski definition) is 6. The number of nitrogens with one attached hydrogen (secondary N) is 2. The summed E-state index contributed by atoms with van der Waals surface area (Å²) >= 11 is 0. The van der Waals surface area contributed by atoms with E-state index in [1.807, 2.05) is 0 Å². The van der Waals surface area contributed by atoms with E-state index in [4.69, 9.17) is 5.73 Å². The van der Waals surface area contributed by atoms with Crippen molar-refractivity contribution in [3.63, 3.8) is 0 Å². The van der Waals surface area contributed by atoms with Crippen molar-refractivity contribution in [3.8, 4) is 0 Å². The number of aliphatic hydroxyl groups is 2. The van der Waals surface area contributed by atoms with Gasteiger partial charge in [0.15, 0.2) is 0 Å². The minimum atomic E-state index is -0.547. The predicted octanol–water partition coefficient (Wildman–Crippen LogP) is 0.294. The highest BCUT2D eigenvalue weighted by atomic mass is 16.3. The van der Waals surface area contributed by atoms with Crippen LogP contribution in [0.5, 0.6) is 0 Å². The Hall–Kier alpha value is -0.240. The summed E-state index contributed by atoms with van der Waals surface area (Å²) in [7, 11) is 0. The fraction of sp³-hybridized carbons (Fsp3) is 1.00. The molecule has 0 aromatic rings. The molecule has 0 aromatic heterocycles. The maximum atomic E-state index is 10.5. The van der Waals surface area contributed by atoms with Gasteiger partial charge in [-0.1, -0.05) is 6.92 Å². The first kappa shape index (κ1) is 17.2. The lowest BCUT2D eigenvalue weighted by molar-refractivity contribution is -0.108. The third-order valence-corrected chi connectivity index (χ3v) is 7.63. The van der Waals surface area contributed by atoms with Crippen LogP contribution in [0.2, 0.25) is 0 Å². The van der Waals surface area contributed by atoms with E-state index in [0.29, 0.717) is 11.8 Å². The van der Waals surface area contributed by atoms with Crippen molar-refractivity contribution in [2.24, 2.45) is 16.6 Å². The lowest BCUT2D eigenvalue weighted by Crippen LogP contribution is -2.62. The van der Waals surface area contributed by atoms with Crippen molar-refractivity contribution in [3.05, 3.63) is 0 Å². The molecule has 3 saturated carbocycles. The van der Waals surface area contributed by atoms with Crippen molar-refractivity contribution >= 4 is 0 Å². The van der Waals surface area contributed by atoms with Crippen molar-refractivity contribution in [1.82, 2.24) is 15.5 Å². The van der Waals surface area contributed by atoms with Crippen LogP contribution < -0.4 is 16.4 Å². The first-order valence-corrected chi connectivity index (χ1v) is 9.87. The molecule has 5 atom stereocenters. The van der Waals surface area contributed by atoms with Gasteiger partial charge in [0.2, 0.25) is 0 Å². The molecular formula is C18H34N4O2. The second-order valence-corrected chi connectivity index (χ2v) is 8.82. The summed E-state index contributed by atoms with van der Waals surface area (Å²) in [6, 6.07) is 0.0162. The van der Waals surface area contributed by atoms with Crippen molar-refractivity contribution in [1.29, 1.82) is 0 Å². The van der Waals surface area contributed by atoms with Crippen LogP contribution in [-0.2, 0) is 0 Å². The Morgan fingerprint density at radius 1 is 1.08 bits per heavy atom. The summed E-state index contributed by atoms with van der Waals surface area (Å²) in [6.45, 7) is 3.83. The fourth-order valence-corrected chi connectivity index (χ4v) is 5.84. The molecule has 0 aromatic carbocycles. The van der Waals surface area contributed by atoms with Gasteiger partial charge < -0.3 is 15.9 Å². The monoisotopic (exact) mass is 338 g/mol. The van der Waals surface area contributed by atoms with E-state index in [-0.39, 0.29) is 23.8 Å². The van der Waals surface area contributed by atoms with Gasteiger partial charge in [0, 0.05) is 13.0 Å². The highest BCUT2D eigenvalue weighted by Gasteiger charge is 2.56. The van der Waals surface area contributed by atoms with E-state index >= 15 is 0 Å². The molecule has 2 saturated heterocycles. The molecular weight excluding hydrogens is 304 g/mol. The molecule has 2 aliphatic heterocycles. The molecule has 138 valence electrons. The first-order chi connectivity index (χ1) is 11.5. The van der Waals surface area contributed by atoms with E-state index in [0.717, 1.165) is 19.5 Å². The molecule has 0 spiro atoms. The molecule has 5 aliphatic rings. The molecule has 0 amide bonds. The molecule has 3 aliphatic carbocycles. The zero-order chi connectivity index (χ0) is 16.9. The number of rotatable bonds is 4. The smallest absolute Gasteiger partial charge is 0.111 e. The highest BCUT2D eigenvalue weighted by molar-refractivity contribution is 5.10. The van der Waals surface area contributed by atoms with Gasteiger partial charge in [0.25, 0.3) is 0 Å². The highest BCUT2D eigenvalue weighted by Crippen LogP contribution is 2.58. The van der Waals surface area contributed by atoms with Crippen LogP contribution in [0.15, 0.2) is 0 Å². The van der Waals surface area contributed by atoms with Gasteiger partial charge in [-0.3, -0.25) is 15.5 Å². The minimum Gasteiger partial charge on any atom is -0.391 e. The fourth-order valence-electron chi connectivity index (χ4n) is 5.84. The number of likely N-dealkylation sites (tertiary alicyclic amines) is 1. The molecule has 5 unspecified atom stereocenters. The number of nitrogens with two attached hydrogens (primary N) is 1. The van der Waals surface area contributed by atoms with Crippen LogP contribution in [0, 0.1) is 10.8 Å². The van der Waals surface area contributed by atoms with Gasteiger partial charge in [-0.25, -0.2) is 0 Å². The van der Waals surface area contributed by atoms with Crippen LogP contribution in [0.1, 0.15) is 58.3 Å². The number of hydrogen-bond donors (Lipinski definition) is 5. The first-order valence-electron chi connectivity index (χ1n) is 9.87. The second-order valence-electron chi connectivity index (χ2n) is 8.82. The van der Waals surface area contributed by atoms with Gasteiger partial charge >= 0.3 is 0 Å². The molecule has 5 rings (SSSR count). The maximum absolute atomic E-state index is 10.5. The number of nitrogens with zero attached hydrogens (tertiary/aromatic N) is 1. The van der Waals surface area contributed by atoms with Gasteiger partial charge in [-0.2, -0.15) is 0 Å². The van der Waals surface area contributed by atoms with E-state index in [1.165, 1.54) is 38.5 Å². The zero-order valence-corrected chi connectivity index (χ0v) is 14.9. The number of fused-ring (bicyclic) bond motifs is 4. The largest absolute Gasteiger partial charge is 0.391 e. The summed E-state index contributed by atoms with van der Waals surface area (Å²) in [5.74, 6) is 0. The summed E-state index contributed by atoms with van der Waals surface area (Å²) in [5, 5.41) is 28.4. The van der Waals surface area contributed by atoms with Crippen LogP contribution in [0.25, 0.3) is 0 Å². The maximum Gasteiger partial charge on any atom is 0.111 e. The molecule has 2 bridgehead atoms. The molecule has 6 N–H and O–H groups in total. The third-order valence-electron chi connectivity index (χ3n) is 7.63. The summed E-state index contributed by atoms with van der Waals surface area (Å²) in [5.41, 5.74) is 6.74. The van der Waals surface area contributed by atoms with E-state index in [9.17, 15) is 10.2 Å². The SMILES string of the molecule is CCCN1C(O)CC(O)C2NC(C34CCC(CN)(CC3)CC4)NC21. The third kappa shape index (κ3) is 2.54. The van der Waals surface area contributed by atoms with Gasteiger partial charge in [0.05, 0.1) is 24.5 Å². The number of piperidine rings is 1.